The summed E-state index contributed by atoms with van der Waals surface area (Å²) in [5.74, 6) is 0.243. The van der Waals surface area contributed by atoms with Gasteiger partial charge in [-0.2, -0.15) is 0 Å². The Labute approximate surface area is 315 Å². The molecule has 4 rings (SSSR count). The van der Waals surface area contributed by atoms with Crippen molar-refractivity contribution < 1.29 is 28.7 Å². The number of likely N-dealkylation sites (N-methyl/N-ethyl adjacent to an activating group) is 2. The van der Waals surface area contributed by atoms with Crippen LogP contribution in [0.3, 0.4) is 0 Å². The lowest BCUT2D eigenvalue weighted by molar-refractivity contribution is -0.134. The molecule has 11 heteroatoms. The summed E-state index contributed by atoms with van der Waals surface area (Å²) < 4.78 is 10.6. The minimum atomic E-state index is -0.432. The van der Waals surface area contributed by atoms with Gasteiger partial charge in [-0.15, -0.1) is 0 Å². The summed E-state index contributed by atoms with van der Waals surface area (Å²) in [6, 6.07) is 25.6. The number of amides is 3. The SMILES string of the molecule is COCC(=O)N(C)CCCC(=O)Cc1ccc(NCCCCCC(=O)N(C)CCN2CCC(OC(=O)Nc3ccccc3-c3ccccc3)CC2)cc1. The third-order valence-electron chi connectivity index (χ3n) is 9.63. The van der Waals surface area contributed by atoms with E-state index < -0.39 is 6.09 Å². The Morgan fingerprint density at radius 1 is 0.774 bits per heavy atom. The monoisotopic (exact) mass is 727 g/mol. The number of anilines is 2. The number of unbranched alkanes of at least 4 members (excludes halogenated alkanes) is 2. The minimum Gasteiger partial charge on any atom is -0.446 e. The minimum absolute atomic E-state index is 0.0555. The van der Waals surface area contributed by atoms with Gasteiger partial charge in [-0.05, 0) is 61.4 Å². The van der Waals surface area contributed by atoms with E-state index in [1.165, 1.54) is 7.11 Å². The number of likely N-dealkylation sites (tertiary alicyclic amines) is 1. The molecule has 2 N–H and O–H groups in total. The number of piperidine rings is 1. The number of ketones is 1. The van der Waals surface area contributed by atoms with E-state index in [0.717, 1.165) is 86.3 Å². The van der Waals surface area contributed by atoms with E-state index in [1.54, 1.807) is 11.9 Å². The summed E-state index contributed by atoms with van der Waals surface area (Å²) in [7, 11) is 5.09. The first-order valence-corrected chi connectivity index (χ1v) is 18.9. The molecule has 1 heterocycles. The van der Waals surface area contributed by atoms with Gasteiger partial charge in [0.1, 0.15) is 18.5 Å². The summed E-state index contributed by atoms with van der Waals surface area (Å²) in [6.07, 6.45) is 5.75. The maximum atomic E-state index is 12.7. The molecule has 1 aliphatic heterocycles. The second-order valence-electron chi connectivity index (χ2n) is 13.8. The van der Waals surface area contributed by atoms with Gasteiger partial charge in [-0.25, -0.2) is 4.79 Å². The molecule has 0 aromatic heterocycles. The van der Waals surface area contributed by atoms with Crippen LogP contribution < -0.4 is 10.6 Å². The van der Waals surface area contributed by atoms with E-state index in [1.807, 2.05) is 90.8 Å². The standard InChI is InChI=1S/C42H57N5O6/c1-45(41(50)32-52-3)26-12-15-36(48)31-33-19-21-35(22-20-33)43-25-11-5-8-18-40(49)46(2)29-30-47-27-23-37(24-28-47)53-42(51)44-39-17-10-9-16-38(39)34-13-6-4-7-14-34/h4,6-7,9-10,13-14,16-17,19-22,37,43H,5,8,11-12,15,18,23-32H2,1-3H3,(H,44,51). The number of rotatable bonds is 21. The molecule has 286 valence electrons. The van der Waals surface area contributed by atoms with Crippen LogP contribution in [0.15, 0.2) is 78.9 Å². The van der Waals surface area contributed by atoms with Crippen molar-refractivity contribution >= 4 is 35.1 Å². The molecule has 3 aromatic carbocycles. The molecular formula is C42H57N5O6. The van der Waals surface area contributed by atoms with Gasteiger partial charge in [0.05, 0.1) is 5.69 Å². The Morgan fingerprint density at radius 2 is 1.47 bits per heavy atom. The highest BCUT2D eigenvalue weighted by molar-refractivity contribution is 5.91. The molecule has 0 saturated carbocycles. The molecule has 0 aliphatic carbocycles. The molecule has 1 aliphatic rings. The van der Waals surface area contributed by atoms with Crippen molar-refractivity contribution in [3.8, 4) is 11.1 Å². The number of methoxy groups -OCH3 is 1. The molecule has 53 heavy (non-hydrogen) atoms. The highest BCUT2D eigenvalue weighted by Gasteiger charge is 2.23. The number of nitrogens with zero attached hydrogens (tertiary/aromatic N) is 3. The van der Waals surface area contributed by atoms with Gasteiger partial charge in [-0.1, -0.05) is 67.1 Å². The lowest BCUT2D eigenvalue weighted by atomic mass is 10.0. The van der Waals surface area contributed by atoms with Crippen LogP contribution in [0.4, 0.5) is 16.2 Å². The third kappa shape index (κ3) is 14.7. The van der Waals surface area contributed by atoms with Crippen LogP contribution in [0.2, 0.25) is 0 Å². The first kappa shape index (κ1) is 41.0. The summed E-state index contributed by atoms with van der Waals surface area (Å²) in [5, 5.41) is 6.36. The van der Waals surface area contributed by atoms with Crippen molar-refractivity contribution in [1.82, 2.24) is 14.7 Å². The van der Waals surface area contributed by atoms with Gasteiger partial charge >= 0.3 is 6.09 Å². The topological polar surface area (TPSA) is 121 Å². The second kappa shape index (κ2) is 22.4. The molecule has 1 saturated heterocycles. The third-order valence-corrected chi connectivity index (χ3v) is 9.63. The van der Waals surface area contributed by atoms with Crippen molar-refractivity contribution in [3.05, 3.63) is 84.4 Å². The Hall–Kier alpha value is -4.74. The first-order chi connectivity index (χ1) is 25.7. The Morgan fingerprint density at radius 3 is 2.21 bits per heavy atom. The van der Waals surface area contributed by atoms with Crippen molar-refractivity contribution in [2.75, 3.05) is 77.7 Å². The van der Waals surface area contributed by atoms with Gasteiger partial charge in [0.2, 0.25) is 11.8 Å². The number of benzene rings is 3. The Balaban J connectivity index is 1.02. The second-order valence-corrected chi connectivity index (χ2v) is 13.8. The van der Waals surface area contributed by atoms with E-state index >= 15 is 0 Å². The summed E-state index contributed by atoms with van der Waals surface area (Å²) >= 11 is 0. The van der Waals surface area contributed by atoms with E-state index in [9.17, 15) is 19.2 Å². The predicted molar refractivity (Wildman–Crippen MR) is 210 cm³/mol. The number of hydrogen-bond donors (Lipinski definition) is 2. The normalized spacial score (nSPS) is 13.3. The van der Waals surface area contributed by atoms with E-state index in [-0.39, 0.29) is 30.3 Å². The predicted octanol–water partition coefficient (Wildman–Crippen LogP) is 6.49. The number of carbonyl (C=O) groups is 4. The van der Waals surface area contributed by atoms with Gasteiger partial charge in [0, 0.05) is 91.0 Å². The van der Waals surface area contributed by atoms with Crippen LogP contribution in [0.25, 0.3) is 11.1 Å². The van der Waals surface area contributed by atoms with E-state index in [0.29, 0.717) is 38.8 Å². The molecule has 0 atom stereocenters. The molecule has 1 fully saturated rings. The van der Waals surface area contributed by atoms with Gasteiger partial charge in [0.15, 0.2) is 0 Å². The Bertz CT molecular complexity index is 1580. The first-order valence-electron chi connectivity index (χ1n) is 18.9. The highest BCUT2D eigenvalue weighted by Crippen LogP contribution is 2.28. The average molecular weight is 728 g/mol. The molecule has 0 bridgehead atoms. The van der Waals surface area contributed by atoms with E-state index in [4.69, 9.17) is 9.47 Å². The molecule has 0 radical (unpaired) electrons. The van der Waals surface area contributed by atoms with Crippen molar-refractivity contribution in [1.29, 1.82) is 0 Å². The van der Waals surface area contributed by atoms with Crippen LogP contribution in [0, 0.1) is 0 Å². The van der Waals surface area contributed by atoms with Crippen LogP contribution >= 0.6 is 0 Å². The smallest absolute Gasteiger partial charge is 0.411 e. The maximum absolute atomic E-state index is 12.7. The fourth-order valence-electron chi connectivity index (χ4n) is 6.35. The van der Waals surface area contributed by atoms with Crippen molar-refractivity contribution in [2.45, 2.75) is 63.9 Å². The molecule has 0 spiro atoms. The van der Waals surface area contributed by atoms with E-state index in [2.05, 4.69) is 15.5 Å². The van der Waals surface area contributed by atoms with Crippen LogP contribution in [0.1, 0.15) is 56.9 Å². The number of nitrogens with one attached hydrogen (secondary N) is 2. The lowest BCUT2D eigenvalue weighted by Gasteiger charge is -2.32. The highest BCUT2D eigenvalue weighted by atomic mass is 16.6. The summed E-state index contributed by atoms with van der Waals surface area (Å²) in [4.78, 5) is 55.4. The number of hydrogen-bond acceptors (Lipinski definition) is 8. The lowest BCUT2D eigenvalue weighted by Crippen LogP contribution is -2.42. The molecular weight excluding hydrogens is 670 g/mol. The molecule has 11 nitrogen and oxygen atoms in total. The molecule has 3 amide bonds. The number of carbonyl (C=O) groups excluding carboxylic acids is 4. The largest absolute Gasteiger partial charge is 0.446 e. The fourth-order valence-corrected chi connectivity index (χ4v) is 6.35. The molecule has 3 aromatic rings. The van der Waals surface area contributed by atoms with Crippen LogP contribution in [-0.4, -0.2) is 112 Å². The van der Waals surface area contributed by atoms with Crippen molar-refractivity contribution in [2.24, 2.45) is 0 Å². The number of para-hydroxylation sites is 1. The van der Waals surface area contributed by atoms with Gasteiger partial charge in [-0.3, -0.25) is 19.7 Å². The average Bonchev–Trinajstić information content (AvgIpc) is 3.17. The quantitative estimate of drug-likeness (QED) is 0.120. The zero-order valence-electron chi connectivity index (χ0n) is 31.7. The van der Waals surface area contributed by atoms with Crippen molar-refractivity contribution in [3.63, 3.8) is 0 Å². The fraction of sp³-hybridized carbons (Fsp3) is 0.476. The zero-order chi connectivity index (χ0) is 37.8. The zero-order valence-corrected chi connectivity index (χ0v) is 31.7. The summed E-state index contributed by atoms with van der Waals surface area (Å²) in [5.41, 5.74) is 4.70. The Kier molecular flexibility index (Phi) is 17.3. The number of ether oxygens (including phenoxy) is 2. The number of Topliss-reactive ketones (excluding diaryl/α,β-unsaturated/α-hetero) is 1. The van der Waals surface area contributed by atoms with Gasteiger partial charge in [0.25, 0.3) is 0 Å². The van der Waals surface area contributed by atoms with Gasteiger partial charge < -0.3 is 29.5 Å². The van der Waals surface area contributed by atoms with Crippen LogP contribution in [-0.2, 0) is 30.3 Å². The maximum Gasteiger partial charge on any atom is 0.411 e. The molecule has 0 unspecified atom stereocenters. The summed E-state index contributed by atoms with van der Waals surface area (Å²) in [6.45, 7) is 4.55. The van der Waals surface area contributed by atoms with Crippen LogP contribution in [0.5, 0.6) is 0 Å².